The first-order valence-corrected chi connectivity index (χ1v) is 7.04. The number of benzene rings is 1. The fourth-order valence-electron chi connectivity index (χ4n) is 1.58. The molecule has 0 heterocycles. The van der Waals surface area contributed by atoms with E-state index in [0.29, 0.717) is 5.92 Å². The highest BCUT2D eigenvalue weighted by atomic mass is 17.2. The van der Waals surface area contributed by atoms with Gasteiger partial charge in [-0.15, -0.1) is 0 Å². The molecule has 0 aliphatic carbocycles. The standard InChI is InChI=1S/C17H26O3/c1-12(2)13-8-10-14(11-9-13)17(6,7)20-19-15(18)16(3,4)5/h8-12H,1-7H3. The summed E-state index contributed by atoms with van der Waals surface area (Å²) >= 11 is 0. The van der Waals surface area contributed by atoms with Crippen LogP contribution in [0.3, 0.4) is 0 Å². The Kier molecular flexibility index (Phi) is 4.98. The van der Waals surface area contributed by atoms with Gasteiger partial charge in [0, 0.05) is 0 Å². The van der Waals surface area contributed by atoms with Crippen LogP contribution in [0.2, 0.25) is 0 Å². The molecule has 1 aromatic rings. The van der Waals surface area contributed by atoms with Gasteiger partial charge in [-0.05, 0) is 51.7 Å². The number of carbonyl (C=O) groups is 1. The third-order valence-corrected chi connectivity index (χ3v) is 3.21. The summed E-state index contributed by atoms with van der Waals surface area (Å²) in [6.07, 6.45) is 0. The van der Waals surface area contributed by atoms with Crippen molar-refractivity contribution >= 4 is 5.97 Å². The van der Waals surface area contributed by atoms with E-state index in [9.17, 15) is 4.79 Å². The van der Waals surface area contributed by atoms with E-state index in [4.69, 9.17) is 9.78 Å². The third-order valence-electron chi connectivity index (χ3n) is 3.21. The van der Waals surface area contributed by atoms with Crippen molar-refractivity contribution in [2.24, 2.45) is 5.41 Å². The van der Waals surface area contributed by atoms with Gasteiger partial charge in [0.05, 0.1) is 5.41 Å². The highest BCUT2D eigenvalue weighted by Gasteiger charge is 2.29. The van der Waals surface area contributed by atoms with Gasteiger partial charge < -0.3 is 0 Å². The molecule has 0 saturated heterocycles. The molecule has 0 aliphatic heterocycles. The van der Waals surface area contributed by atoms with Crippen molar-refractivity contribution in [3.8, 4) is 0 Å². The minimum absolute atomic E-state index is 0.371. The van der Waals surface area contributed by atoms with E-state index >= 15 is 0 Å². The molecule has 1 aromatic carbocycles. The summed E-state index contributed by atoms with van der Waals surface area (Å²) in [6.45, 7) is 13.5. The van der Waals surface area contributed by atoms with Gasteiger partial charge in [-0.3, -0.25) is 4.89 Å². The van der Waals surface area contributed by atoms with Crippen molar-refractivity contribution < 1.29 is 14.6 Å². The van der Waals surface area contributed by atoms with Crippen LogP contribution in [0.15, 0.2) is 24.3 Å². The number of hydrogen-bond acceptors (Lipinski definition) is 3. The molecule has 0 saturated carbocycles. The van der Waals surface area contributed by atoms with Gasteiger partial charge in [-0.2, -0.15) is 4.89 Å². The number of hydrogen-bond donors (Lipinski definition) is 0. The normalized spacial score (nSPS) is 12.6. The lowest BCUT2D eigenvalue weighted by molar-refractivity contribution is -0.334. The van der Waals surface area contributed by atoms with Crippen molar-refractivity contribution in [2.45, 2.75) is 60.0 Å². The minimum Gasteiger partial charge on any atom is -0.297 e. The molecule has 0 aliphatic rings. The molecule has 3 nitrogen and oxygen atoms in total. The van der Waals surface area contributed by atoms with Crippen molar-refractivity contribution in [3.63, 3.8) is 0 Å². The molecule has 1 rings (SSSR count). The molecule has 0 amide bonds. The zero-order valence-electron chi connectivity index (χ0n) is 13.6. The molecule has 0 N–H and O–H groups in total. The molecule has 20 heavy (non-hydrogen) atoms. The number of rotatable bonds is 4. The molecular weight excluding hydrogens is 252 g/mol. The van der Waals surface area contributed by atoms with Crippen LogP contribution in [0.1, 0.15) is 65.5 Å². The Morgan fingerprint density at radius 1 is 1.00 bits per heavy atom. The Hall–Kier alpha value is -1.35. The van der Waals surface area contributed by atoms with Gasteiger partial charge in [-0.1, -0.05) is 38.1 Å². The average molecular weight is 278 g/mol. The van der Waals surface area contributed by atoms with Crippen LogP contribution in [0.25, 0.3) is 0 Å². The minimum atomic E-state index is -0.670. The fraction of sp³-hybridized carbons (Fsp3) is 0.588. The summed E-state index contributed by atoms with van der Waals surface area (Å²) in [4.78, 5) is 22.1. The van der Waals surface area contributed by atoms with Crippen molar-refractivity contribution in [1.82, 2.24) is 0 Å². The van der Waals surface area contributed by atoms with Crippen molar-refractivity contribution in [2.75, 3.05) is 0 Å². The van der Waals surface area contributed by atoms with Crippen LogP contribution in [-0.2, 0) is 20.2 Å². The topological polar surface area (TPSA) is 35.5 Å². The second kappa shape index (κ2) is 5.96. The van der Waals surface area contributed by atoms with Gasteiger partial charge in [0.1, 0.15) is 5.60 Å². The smallest absolute Gasteiger partial charge is 0.297 e. The molecule has 3 heteroatoms. The van der Waals surface area contributed by atoms with Gasteiger partial charge in [0.2, 0.25) is 0 Å². The summed E-state index contributed by atoms with van der Waals surface area (Å²) in [5.41, 5.74) is 1.01. The highest BCUT2D eigenvalue weighted by molar-refractivity contribution is 5.74. The molecule has 0 bridgehead atoms. The zero-order chi connectivity index (χ0) is 15.6. The average Bonchev–Trinajstić information content (AvgIpc) is 2.35. The van der Waals surface area contributed by atoms with E-state index < -0.39 is 11.0 Å². The molecule has 0 fully saturated rings. The molecule has 0 atom stereocenters. The second-order valence-corrected chi connectivity index (χ2v) is 6.99. The molecular formula is C17H26O3. The summed E-state index contributed by atoms with van der Waals surface area (Å²) < 4.78 is 0. The summed E-state index contributed by atoms with van der Waals surface area (Å²) in [6, 6.07) is 8.19. The van der Waals surface area contributed by atoms with Crippen LogP contribution in [0.4, 0.5) is 0 Å². The Morgan fingerprint density at radius 2 is 1.50 bits per heavy atom. The first-order valence-electron chi connectivity index (χ1n) is 7.04. The largest absolute Gasteiger partial charge is 0.347 e. The van der Waals surface area contributed by atoms with Crippen LogP contribution in [-0.4, -0.2) is 5.97 Å². The quantitative estimate of drug-likeness (QED) is 0.598. The van der Waals surface area contributed by atoms with Crippen molar-refractivity contribution in [1.29, 1.82) is 0 Å². The maximum Gasteiger partial charge on any atom is 0.347 e. The lowest BCUT2D eigenvalue weighted by Crippen LogP contribution is -2.29. The molecule has 112 valence electrons. The van der Waals surface area contributed by atoms with Gasteiger partial charge in [0.25, 0.3) is 0 Å². The first kappa shape index (κ1) is 16.7. The van der Waals surface area contributed by atoms with E-state index in [1.165, 1.54) is 5.56 Å². The molecule has 0 spiro atoms. The lowest BCUT2D eigenvalue weighted by atomic mass is 9.94. The Balaban J connectivity index is 2.76. The molecule has 0 unspecified atom stereocenters. The summed E-state index contributed by atoms with van der Waals surface area (Å²) in [5, 5.41) is 0. The van der Waals surface area contributed by atoms with E-state index in [0.717, 1.165) is 5.56 Å². The van der Waals surface area contributed by atoms with Crippen LogP contribution in [0.5, 0.6) is 0 Å². The van der Waals surface area contributed by atoms with E-state index in [1.807, 2.05) is 26.0 Å². The third kappa shape index (κ3) is 4.34. The van der Waals surface area contributed by atoms with E-state index in [1.54, 1.807) is 20.8 Å². The molecule has 0 radical (unpaired) electrons. The highest BCUT2D eigenvalue weighted by Crippen LogP contribution is 2.28. The zero-order valence-corrected chi connectivity index (χ0v) is 13.6. The van der Waals surface area contributed by atoms with Crippen molar-refractivity contribution in [3.05, 3.63) is 35.4 Å². The van der Waals surface area contributed by atoms with E-state index in [2.05, 4.69) is 26.0 Å². The number of carbonyl (C=O) groups excluding carboxylic acids is 1. The summed E-state index contributed by atoms with van der Waals surface area (Å²) in [5.74, 6) is 0.121. The fourth-order valence-corrected chi connectivity index (χ4v) is 1.58. The molecule has 0 aromatic heterocycles. The van der Waals surface area contributed by atoms with Crippen LogP contribution < -0.4 is 0 Å². The van der Waals surface area contributed by atoms with Gasteiger partial charge in [-0.25, -0.2) is 4.79 Å². The summed E-state index contributed by atoms with van der Waals surface area (Å²) in [7, 11) is 0. The monoisotopic (exact) mass is 278 g/mol. The van der Waals surface area contributed by atoms with Crippen LogP contribution in [0, 0.1) is 5.41 Å². The van der Waals surface area contributed by atoms with Crippen LogP contribution >= 0.6 is 0 Å². The first-order chi connectivity index (χ1) is 9.04. The SMILES string of the molecule is CC(C)c1ccc(C(C)(C)OOC(=O)C(C)(C)C)cc1. The predicted octanol–water partition coefficient (Wildman–Crippen LogP) is 4.57. The van der Waals surface area contributed by atoms with Gasteiger partial charge in [0.15, 0.2) is 0 Å². The lowest BCUT2D eigenvalue weighted by Gasteiger charge is -2.25. The Bertz CT molecular complexity index is 450. The Labute approximate surface area is 122 Å². The maximum atomic E-state index is 11.7. The second-order valence-electron chi connectivity index (χ2n) is 6.99. The van der Waals surface area contributed by atoms with Gasteiger partial charge >= 0.3 is 5.97 Å². The van der Waals surface area contributed by atoms with E-state index in [-0.39, 0.29) is 5.97 Å². The maximum absolute atomic E-state index is 11.7. The predicted molar refractivity (Wildman–Crippen MR) is 80.2 cm³/mol. The Morgan fingerprint density at radius 3 is 1.90 bits per heavy atom.